The fourth-order valence-electron chi connectivity index (χ4n) is 0.909. The predicted octanol–water partition coefficient (Wildman–Crippen LogP) is -1.71. The van der Waals surface area contributed by atoms with Crippen molar-refractivity contribution in [2.24, 2.45) is 0 Å². The van der Waals surface area contributed by atoms with Crippen LogP contribution in [0.15, 0.2) is 25.3 Å². The molecule has 0 bridgehead atoms. The van der Waals surface area contributed by atoms with E-state index in [2.05, 4.69) is 18.1 Å². The summed E-state index contributed by atoms with van der Waals surface area (Å²) in [5, 5.41) is 0. The minimum Gasteiger partial charge on any atom is -1.00 e. The van der Waals surface area contributed by atoms with Crippen LogP contribution in [0.4, 0.5) is 0 Å². The van der Waals surface area contributed by atoms with Crippen LogP contribution >= 0.6 is 0 Å². The third kappa shape index (κ3) is 2.76. The first-order valence-corrected chi connectivity index (χ1v) is 3.56. The predicted molar refractivity (Wildman–Crippen MR) is 41.3 cm³/mol. The summed E-state index contributed by atoms with van der Waals surface area (Å²) in [6.45, 7) is 6.90. The Bertz CT molecular complexity index is 218. The first kappa shape index (κ1) is 10.2. The molecular weight excluding hydrogens is 160 g/mol. The van der Waals surface area contributed by atoms with Gasteiger partial charge in [0, 0.05) is 0 Å². The van der Waals surface area contributed by atoms with Crippen LogP contribution < -0.4 is 17.0 Å². The number of halogens is 1. The van der Waals surface area contributed by atoms with Crippen molar-refractivity contribution in [2.45, 2.75) is 19.9 Å². The summed E-state index contributed by atoms with van der Waals surface area (Å²) in [5.41, 5.74) is 0. The van der Waals surface area contributed by atoms with Gasteiger partial charge in [0.05, 0.1) is 12.7 Å². The molecule has 62 valence electrons. The van der Waals surface area contributed by atoms with E-state index in [-0.39, 0.29) is 12.4 Å². The third-order valence-electron chi connectivity index (χ3n) is 1.40. The van der Waals surface area contributed by atoms with Crippen molar-refractivity contribution in [1.29, 1.82) is 0 Å². The molecule has 0 amide bonds. The molecule has 1 aromatic heterocycles. The van der Waals surface area contributed by atoms with E-state index in [4.69, 9.17) is 0 Å². The molecule has 11 heavy (non-hydrogen) atoms. The molecule has 1 rings (SSSR count). The minimum absolute atomic E-state index is 0. The van der Waals surface area contributed by atoms with E-state index >= 15 is 0 Å². The number of hydrogen-bond donors (Lipinski definition) is 0. The molecule has 0 aliphatic carbocycles. The molecule has 0 unspecified atom stereocenters. The Morgan fingerprint density at radius 3 is 2.82 bits per heavy atom. The van der Waals surface area contributed by atoms with E-state index in [1.165, 1.54) is 6.42 Å². The highest BCUT2D eigenvalue weighted by molar-refractivity contribution is 5.12. The van der Waals surface area contributed by atoms with Gasteiger partial charge in [-0.3, -0.25) is 0 Å². The van der Waals surface area contributed by atoms with Gasteiger partial charge in [0.15, 0.2) is 0 Å². The van der Waals surface area contributed by atoms with Crippen LogP contribution in [0, 0.1) is 0 Å². The maximum absolute atomic E-state index is 3.65. The Labute approximate surface area is 73.6 Å². The van der Waals surface area contributed by atoms with Gasteiger partial charge in [-0.05, 0) is 6.42 Å². The summed E-state index contributed by atoms with van der Waals surface area (Å²) in [6, 6.07) is 0. The van der Waals surface area contributed by atoms with Crippen molar-refractivity contribution in [3.63, 3.8) is 0 Å². The Balaban J connectivity index is 0.000001000. The number of imidazole rings is 1. The summed E-state index contributed by atoms with van der Waals surface area (Å²) in [4.78, 5) is 0. The summed E-state index contributed by atoms with van der Waals surface area (Å²) >= 11 is 0. The zero-order valence-electron chi connectivity index (χ0n) is 6.70. The average Bonchev–Trinajstić information content (AvgIpc) is 2.37. The van der Waals surface area contributed by atoms with Crippen LogP contribution in [0.2, 0.25) is 0 Å². The summed E-state index contributed by atoms with van der Waals surface area (Å²) in [7, 11) is 0. The first-order valence-electron chi connectivity index (χ1n) is 3.56. The van der Waals surface area contributed by atoms with Gasteiger partial charge in [0.1, 0.15) is 12.4 Å². The molecule has 0 fully saturated rings. The van der Waals surface area contributed by atoms with E-state index in [1.54, 1.807) is 6.20 Å². The van der Waals surface area contributed by atoms with E-state index in [0.717, 1.165) is 6.54 Å². The molecule has 0 radical (unpaired) electrons. The lowest BCUT2D eigenvalue weighted by molar-refractivity contribution is -0.696. The lowest BCUT2D eigenvalue weighted by Gasteiger charge is -1.86. The van der Waals surface area contributed by atoms with Gasteiger partial charge in [-0.2, -0.15) is 0 Å². The molecule has 0 N–H and O–H groups in total. The van der Waals surface area contributed by atoms with Gasteiger partial charge in [-0.1, -0.05) is 13.5 Å². The second kappa shape index (κ2) is 4.97. The van der Waals surface area contributed by atoms with Crippen molar-refractivity contribution in [3.8, 4) is 0 Å². The quantitative estimate of drug-likeness (QED) is 0.481. The van der Waals surface area contributed by atoms with Crippen LogP contribution in [0.5, 0.6) is 0 Å². The van der Waals surface area contributed by atoms with Gasteiger partial charge in [-0.25, -0.2) is 9.13 Å². The van der Waals surface area contributed by atoms with Crippen LogP contribution in [0.25, 0.3) is 6.20 Å². The highest BCUT2D eigenvalue weighted by Gasteiger charge is 1.96. The lowest BCUT2D eigenvalue weighted by atomic mass is 10.5. The topological polar surface area (TPSA) is 8.81 Å². The van der Waals surface area contributed by atoms with Gasteiger partial charge in [0.2, 0.25) is 6.33 Å². The molecule has 0 aliphatic rings. The van der Waals surface area contributed by atoms with Crippen LogP contribution in [-0.4, -0.2) is 4.57 Å². The number of nitrogens with zero attached hydrogens (tertiary/aromatic N) is 2. The average molecular weight is 173 g/mol. The van der Waals surface area contributed by atoms with Crippen molar-refractivity contribution >= 4 is 6.20 Å². The smallest absolute Gasteiger partial charge is 0.248 e. The van der Waals surface area contributed by atoms with Crippen molar-refractivity contribution < 1.29 is 17.0 Å². The van der Waals surface area contributed by atoms with Gasteiger partial charge in [-0.15, -0.1) is 0 Å². The third-order valence-corrected chi connectivity index (χ3v) is 1.40. The Morgan fingerprint density at radius 1 is 1.64 bits per heavy atom. The molecule has 0 atom stereocenters. The normalized spacial score (nSPS) is 8.82. The summed E-state index contributed by atoms with van der Waals surface area (Å²) in [5.74, 6) is 0. The van der Waals surface area contributed by atoms with Crippen molar-refractivity contribution in [2.75, 3.05) is 0 Å². The molecule has 0 saturated carbocycles. The highest BCUT2D eigenvalue weighted by Crippen LogP contribution is 1.83. The fraction of sp³-hybridized carbons (Fsp3) is 0.375. The number of hydrogen-bond acceptors (Lipinski definition) is 0. The fourth-order valence-corrected chi connectivity index (χ4v) is 0.909. The van der Waals surface area contributed by atoms with E-state index in [9.17, 15) is 0 Å². The molecule has 0 aromatic carbocycles. The first-order chi connectivity index (χ1) is 4.86. The van der Waals surface area contributed by atoms with Crippen molar-refractivity contribution in [3.05, 3.63) is 25.3 Å². The SMILES string of the molecule is C=Cn1cc[n+](CCC)c1.[Cl-]. The second-order valence-corrected chi connectivity index (χ2v) is 2.28. The number of rotatable bonds is 3. The highest BCUT2D eigenvalue weighted by atomic mass is 35.5. The maximum Gasteiger partial charge on any atom is 0.248 e. The zero-order valence-corrected chi connectivity index (χ0v) is 7.46. The largest absolute Gasteiger partial charge is 1.00 e. The molecular formula is C8H13ClN2. The monoisotopic (exact) mass is 172 g/mol. The van der Waals surface area contributed by atoms with Gasteiger partial charge in [0.25, 0.3) is 0 Å². The molecule has 2 nitrogen and oxygen atoms in total. The maximum atomic E-state index is 3.65. The molecule has 1 aromatic rings. The number of aryl methyl sites for hydroxylation is 1. The van der Waals surface area contributed by atoms with Gasteiger partial charge >= 0.3 is 0 Å². The van der Waals surface area contributed by atoms with Crippen LogP contribution in [0.1, 0.15) is 13.3 Å². The second-order valence-electron chi connectivity index (χ2n) is 2.28. The van der Waals surface area contributed by atoms with Crippen LogP contribution in [0.3, 0.4) is 0 Å². The van der Waals surface area contributed by atoms with Crippen molar-refractivity contribution in [1.82, 2.24) is 4.57 Å². The Morgan fingerprint density at radius 2 is 2.36 bits per heavy atom. The van der Waals surface area contributed by atoms with Gasteiger partial charge < -0.3 is 12.4 Å². The Hall–Kier alpha value is -0.760. The lowest BCUT2D eigenvalue weighted by Crippen LogP contribution is -3.00. The Kier molecular flexibility index (Phi) is 4.62. The summed E-state index contributed by atoms with van der Waals surface area (Å²) < 4.78 is 4.08. The van der Waals surface area contributed by atoms with E-state index in [1.807, 2.05) is 23.3 Å². The zero-order chi connectivity index (χ0) is 7.40. The molecule has 0 spiro atoms. The molecule has 3 heteroatoms. The molecule has 0 aliphatic heterocycles. The standard InChI is InChI=1S/C8H13N2.ClH/c1-3-5-10-7-6-9(4-2)8-10;/h4,6-8H,2-3,5H2,1H3;1H/q+1;/p-1. The minimum atomic E-state index is 0. The van der Waals surface area contributed by atoms with E-state index < -0.39 is 0 Å². The summed E-state index contributed by atoms with van der Waals surface area (Å²) in [6.07, 6.45) is 9.02. The number of aromatic nitrogens is 2. The molecule has 1 heterocycles. The van der Waals surface area contributed by atoms with Crippen LogP contribution in [-0.2, 0) is 6.54 Å². The van der Waals surface area contributed by atoms with E-state index in [0.29, 0.717) is 0 Å². The molecule has 0 saturated heterocycles.